The summed E-state index contributed by atoms with van der Waals surface area (Å²) in [6.45, 7) is 0. The van der Waals surface area contributed by atoms with Crippen molar-refractivity contribution in [2.75, 3.05) is 5.32 Å². The quantitative estimate of drug-likeness (QED) is 0.658. The molecule has 92 valence electrons. The number of thiazole rings is 1. The van der Waals surface area contributed by atoms with Gasteiger partial charge in [-0.2, -0.15) is 4.73 Å². The Bertz CT molecular complexity index is 570. The van der Waals surface area contributed by atoms with Crippen molar-refractivity contribution in [3.05, 3.63) is 45.9 Å². The first-order chi connectivity index (χ1) is 8.72. The Hall–Kier alpha value is -1.95. The first kappa shape index (κ1) is 11.2. The van der Waals surface area contributed by atoms with E-state index in [1.54, 1.807) is 0 Å². The summed E-state index contributed by atoms with van der Waals surface area (Å²) in [6, 6.07) is 2.98. The fourth-order valence-corrected chi connectivity index (χ4v) is 3.02. The molecule has 0 unspecified atom stereocenters. The Kier molecular flexibility index (Phi) is 2.71. The third-order valence-electron chi connectivity index (χ3n) is 2.88. The number of nitrogens with zero attached hydrogens (tertiary/aromatic N) is 2. The van der Waals surface area contributed by atoms with Crippen molar-refractivity contribution in [3.8, 4) is 0 Å². The molecule has 0 spiro atoms. The first-order valence-electron chi connectivity index (χ1n) is 5.71. The molecule has 3 rings (SSSR count). The van der Waals surface area contributed by atoms with Crippen molar-refractivity contribution in [1.29, 1.82) is 0 Å². The van der Waals surface area contributed by atoms with E-state index in [0.717, 1.165) is 25.0 Å². The SMILES string of the molecule is O=C(Nc1nc2c(s1)CCC2)c1cc[n+]([O-])cc1. The number of aryl methyl sites for hydroxylation is 2. The molecule has 0 saturated heterocycles. The second-order valence-electron chi connectivity index (χ2n) is 4.14. The maximum atomic E-state index is 11.9. The lowest BCUT2D eigenvalue weighted by molar-refractivity contribution is -0.605. The van der Waals surface area contributed by atoms with E-state index in [-0.39, 0.29) is 5.91 Å². The molecule has 2 aromatic rings. The van der Waals surface area contributed by atoms with Gasteiger partial charge in [-0.05, 0) is 19.3 Å². The van der Waals surface area contributed by atoms with Crippen LogP contribution in [0.15, 0.2) is 24.5 Å². The predicted octanol–water partition coefficient (Wildman–Crippen LogP) is 1.52. The average molecular weight is 261 g/mol. The van der Waals surface area contributed by atoms with Gasteiger partial charge in [0.05, 0.1) is 11.3 Å². The Labute approximate surface area is 108 Å². The summed E-state index contributed by atoms with van der Waals surface area (Å²) in [5.41, 5.74) is 1.57. The highest BCUT2D eigenvalue weighted by molar-refractivity contribution is 7.15. The van der Waals surface area contributed by atoms with E-state index >= 15 is 0 Å². The minimum atomic E-state index is -0.233. The van der Waals surface area contributed by atoms with Crippen molar-refractivity contribution in [1.82, 2.24) is 4.98 Å². The van der Waals surface area contributed by atoms with Gasteiger partial charge in [-0.25, -0.2) is 4.98 Å². The summed E-state index contributed by atoms with van der Waals surface area (Å²) in [7, 11) is 0. The highest BCUT2D eigenvalue weighted by Gasteiger charge is 2.18. The predicted molar refractivity (Wildman–Crippen MR) is 67.5 cm³/mol. The second-order valence-corrected chi connectivity index (χ2v) is 5.23. The molecule has 0 aliphatic heterocycles. The van der Waals surface area contributed by atoms with Gasteiger partial charge in [-0.15, -0.1) is 11.3 Å². The maximum Gasteiger partial charge on any atom is 0.257 e. The van der Waals surface area contributed by atoms with Crippen molar-refractivity contribution in [2.24, 2.45) is 0 Å². The molecular weight excluding hydrogens is 250 g/mol. The van der Waals surface area contributed by atoms with Crippen LogP contribution >= 0.6 is 11.3 Å². The Morgan fingerprint density at radius 2 is 2.17 bits per heavy atom. The molecule has 5 nitrogen and oxygen atoms in total. The van der Waals surface area contributed by atoms with Gasteiger partial charge >= 0.3 is 0 Å². The zero-order valence-corrected chi connectivity index (χ0v) is 10.4. The largest absolute Gasteiger partial charge is 0.619 e. The van der Waals surface area contributed by atoms with E-state index in [9.17, 15) is 10.0 Å². The summed E-state index contributed by atoms with van der Waals surface area (Å²) in [5, 5.41) is 14.3. The molecule has 1 N–H and O–H groups in total. The summed E-state index contributed by atoms with van der Waals surface area (Å²) >= 11 is 1.54. The van der Waals surface area contributed by atoms with E-state index in [1.807, 2.05) is 0 Å². The van der Waals surface area contributed by atoms with Gasteiger partial charge in [-0.3, -0.25) is 10.1 Å². The number of hydrogen-bond acceptors (Lipinski definition) is 4. The monoisotopic (exact) mass is 261 g/mol. The first-order valence-corrected chi connectivity index (χ1v) is 6.53. The van der Waals surface area contributed by atoms with Crippen LogP contribution < -0.4 is 10.0 Å². The fraction of sp³-hybridized carbons (Fsp3) is 0.250. The number of carbonyl (C=O) groups is 1. The highest BCUT2D eigenvalue weighted by Crippen LogP contribution is 2.30. The number of hydrogen-bond donors (Lipinski definition) is 1. The van der Waals surface area contributed by atoms with Crippen LogP contribution in [-0.2, 0) is 12.8 Å². The summed E-state index contributed by atoms with van der Waals surface area (Å²) in [4.78, 5) is 17.6. The van der Waals surface area contributed by atoms with Gasteiger partial charge in [0.2, 0.25) is 0 Å². The minimum absolute atomic E-state index is 0.233. The van der Waals surface area contributed by atoms with E-state index in [0.29, 0.717) is 15.4 Å². The van der Waals surface area contributed by atoms with Gasteiger partial charge in [-0.1, -0.05) is 0 Å². The molecule has 0 radical (unpaired) electrons. The number of amides is 1. The lowest BCUT2D eigenvalue weighted by Crippen LogP contribution is -2.25. The number of rotatable bonds is 2. The lowest BCUT2D eigenvalue weighted by Gasteiger charge is -2.01. The molecule has 1 amide bonds. The standard InChI is InChI=1S/C12H11N3O2S/c16-11(8-4-6-15(17)7-5-8)14-12-13-9-2-1-3-10(9)18-12/h4-7H,1-3H2,(H,13,14,16). The summed E-state index contributed by atoms with van der Waals surface area (Å²) < 4.78 is 0.648. The van der Waals surface area contributed by atoms with Gasteiger partial charge in [0.1, 0.15) is 0 Å². The normalized spacial score (nSPS) is 13.3. The molecule has 0 bridgehead atoms. The van der Waals surface area contributed by atoms with E-state index < -0.39 is 0 Å². The Morgan fingerprint density at radius 1 is 1.39 bits per heavy atom. The van der Waals surface area contributed by atoms with Gasteiger partial charge in [0.15, 0.2) is 17.5 Å². The van der Waals surface area contributed by atoms with Gasteiger partial charge < -0.3 is 5.21 Å². The zero-order valence-electron chi connectivity index (χ0n) is 9.55. The van der Waals surface area contributed by atoms with Crippen LogP contribution in [0.4, 0.5) is 5.13 Å². The molecule has 2 aromatic heterocycles. The van der Waals surface area contributed by atoms with Crippen LogP contribution in [-0.4, -0.2) is 10.9 Å². The van der Waals surface area contributed by atoms with Crippen LogP contribution in [0.5, 0.6) is 0 Å². The van der Waals surface area contributed by atoms with Crippen molar-refractivity contribution >= 4 is 22.4 Å². The number of aromatic nitrogens is 2. The number of pyridine rings is 1. The van der Waals surface area contributed by atoms with E-state index in [4.69, 9.17) is 0 Å². The molecule has 18 heavy (non-hydrogen) atoms. The summed E-state index contributed by atoms with van der Waals surface area (Å²) in [6.07, 6.45) is 5.83. The van der Waals surface area contributed by atoms with Crippen LogP contribution in [0.2, 0.25) is 0 Å². The maximum absolute atomic E-state index is 11.9. The smallest absolute Gasteiger partial charge is 0.257 e. The van der Waals surface area contributed by atoms with Crippen LogP contribution in [0, 0.1) is 5.21 Å². The Morgan fingerprint density at radius 3 is 2.89 bits per heavy atom. The lowest BCUT2D eigenvalue weighted by atomic mass is 10.2. The van der Waals surface area contributed by atoms with Gasteiger partial charge in [0, 0.05) is 17.0 Å². The minimum Gasteiger partial charge on any atom is -0.619 e. The molecule has 6 heteroatoms. The molecule has 0 aromatic carbocycles. The van der Waals surface area contributed by atoms with E-state index in [1.165, 1.54) is 40.7 Å². The number of carbonyl (C=O) groups excluding carboxylic acids is 1. The Balaban J connectivity index is 1.75. The molecule has 1 aliphatic carbocycles. The average Bonchev–Trinajstić information content (AvgIpc) is 2.90. The van der Waals surface area contributed by atoms with Crippen LogP contribution in [0.25, 0.3) is 0 Å². The van der Waals surface area contributed by atoms with Crippen LogP contribution in [0.1, 0.15) is 27.3 Å². The third kappa shape index (κ3) is 2.06. The van der Waals surface area contributed by atoms with Gasteiger partial charge in [0.25, 0.3) is 5.91 Å². The highest BCUT2D eigenvalue weighted by atomic mass is 32.1. The van der Waals surface area contributed by atoms with Crippen molar-refractivity contribution in [3.63, 3.8) is 0 Å². The molecule has 1 aliphatic rings. The second kappa shape index (κ2) is 4.38. The third-order valence-corrected chi connectivity index (χ3v) is 3.95. The summed E-state index contributed by atoms with van der Waals surface area (Å²) in [5.74, 6) is -0.233. The van der Waals surface area contributed by atoms with Crippen LogP contribution in [0.3, 0.4) is 0 Å². The number of nitrogens with one attached hydrogen (secondary N) is 1. The molecule has 0 atom stereocenters. The number of anilines is 1. The molecule has 2 heterocycles. The van der Waals surface area contributed by atoms with Crippen molar-refractivity contribution in [2.45, 2.75) is 19.3 Å². The fourth-order valence-electron chi connectivity index (χ4n) is 1.98. The molecule has 0 saturated carbocycles. The number of fused-ring (bicyclic) bond motifs is 1. The molecule has 0 fully saturated rings. The zero-order chi connectivity index (χ0) is 12.5. The molecular formula is C12H11N3O2S. The van der Waals surface area contributed by atoms with E-state index in [2.05, 4.69) is 10.3 Å². The topological polar surface area (TPSA) is 68.9 Å². The van der Waals surface area contributed by atoms with Crippen molar-refractivity contribution < 1.29 is 9.52 Å².